The molecule has 6 nitrogen and oxygen atoms in total. The van der Waals surface area contributed by atoms with E-state index in [1.807, 2.05) is 12.1 Å². The van der Waals surface area contributed by atoms with E-state index in [-0.39, 0.29) is 5.91 Å². The molecule has 0 saturated carbocycles. The third-order valence-electron chi connectivity index (χ3n) is 3.86. The van der Waals surface area contributed by atoms with E-state index in [0.29, 0.717) is 18.0 Å². The predicted molar refractivity (Wildman–Crippen MR) is 93.9 cm³/mol. The van der Waals surface area contributed by atoms with Crippen LogP contribution >= 0.6 is 0 Å². The smallest absolute Gasteiger partial charge is 0.251 e. The molecule has 2 aromatic carbocycles. The number of nitrogens with zero attached hydrogens (tertiary/aromatic N) is 2. The van der Waals surface area contributed by atoms with Gasteiger partial charge in [0, 0.05) is 23.2 Å². The average molecular weight is 337 g/mol. The number of carbonyl (C=O) groups is 1. The largest absolute Gasteiger partial charge is 0.423 e. The fourth-order valence-corrected chi connectivity index (χ4v) is 2.62. The summed E-state index contributed by atoms with van der Waals surface area (Å²) in [4.78, 5) is 13.7. The van der Waals surface area contributed by atoms with Crippen molar-refractivity contribution in [3.8, 4) is 11.5 Å². The minimum absolute atomic E-state index is 0.107. The van der Waals surface area contributed by atoms with Gasteiger partial charge in [-0.15, -0.1) is 10.2 Å². The zero-order chi connectivity index (χ0) is 17.6. The van der Waals surface area contributed by atoms with Crippen LogP contribution in [0.4, 0.5) is 0 Å². The first-order valence-electron chi connectivity index (χ1n) is 8.14. The Hall–Kier alpha value is -2.99. The van der Waals surface area contributed by atoms with Crippen LogP contribution in [0.25, 0.3) is 11.5 Å². The molecule has 0 aliphatic carbocycles. The van der Waals surface area contributed by atoms with Gasteiger partial charge in [-0.1, -0.05) is 24.3 Å². The number of amides is 1. The van der Waals surface area contributed by atoms with Gasteiger partial charge >= 0.3 is 0 Å². The fraction of sp³-hybridized carbons (Fsp3) is 0.211. The monoisotopic (exact) mass is 337 g/mol. The Labute approximate surface area is 146 Å². The lowest BCUT2D eigenvalue weighted by atomic mass is 10.1. The van der Waals surface area contributed by atoms with Crippen molar-refractivity contribution < 1.29 is 14.1 Å². The van der Waals surface area contributed by atoms with Crippen molar-refractivity contribution in [3.63, 3.8) is 0 Å². The van der Waals surface area contributed by atoms with Crippen LogP contribution in [-0.2, 0) is 13.1 Å². The summed E-state index contributed by atoms with van der Waals surface area (Å²) in [6.07, 6.45) is 1.28. The van der Waals surface area contributed by atoms with E-state index in [9.17, 15) is 4.79 Å². The summed E-state index contributed by atoms with van der Waals surface area (Å²) >= 11 is 0. The van der Waals surface area contributed by atoms with Gasteiger partial charge in [-0.05, 0) is 29.8 Å². The molecular weight excluding hydrogens is 316 g/mol. The van der Waals surface area contributed by atoms with E-state index in [0.717, 1.165) is 17.7 Å². The summed E-state index contributed by atoms with van der Waals surface area (Å²) in [5, 5.41) is 10.5. The first-order chi connectivity index (χ1) is 12.1. The number of carbonyl (C=O) groups excluding carboxylic acids is 1. The Morgan fingerprint density at radius 2 is 1.80 bits per heavy atom. The van der Waals surface area contributed by atoms with Crippen LogP contribution < -0.4 is 10.2 Å². The average Bonchev–Trinajstić information content (AvgIpc) is 3.15. The highest BCUT2D eigenvalue weighted by Crippen LogP contribution is 2.16. The van der Waals surface area contributed by atoms with Crippen molar-refractivity contribution in [2.45, 2.75) is 13.1 Å². The van der Waals surface area contributed by atoms with Crippen molar-refractivity contribution >= 4 is 5.91 Å². The molecule has 1 amide bonds. The molecule has 6 heteroatoms. The van der Waals surface area contributed by atoms with Gasteiger partial charge in [0.2, 0.25) is 12.3 Å². The number of rotatable bonds is 6. The summed E-state index contributed by atoms with van der Waals surface area (Å²) in [5.41, 5.74) is 3.77. The maximum atomic E-state index is 12.4. The lowest BCUT2D eigenvalue weighted by molar-refractivity contribution is -0.872. The number of hydrogen-bond acceptors (Lipinski definition) is 4. The number of aromatic nitrogens is 2. The van der Waals surface area contributed by atoms with E-state index in [4.69, 9.17) is 4.42 Å². The second kappa shape index (κ2) is 7.72. The Balaban J connectivity index is 1.65. The zero-order valence-corrected chi connectivity index (χ0v) is 14.3. The molecular formula is C19H21N4O2+. The molecule has 0 radical (unpaired) electrons. The van der Waals surface area contributed by atoms with E-state index in [1.165, 1.54) is 16.9 Å². The van der Waals surface area contributed by atoms with Gasteiger partial charge in [-0.3, -0.25) is 4.79 Å². The lowest BCUT2D eigenvalue weighted by Crippen LogP contribution is -3.04. The van der Waals surface area contributed by atoms with Gasteiger partial charge in [-0.25, -0.2) is 0 Å². The maximum absolute atomic E-state index is 12.4. The van der Waals surface area contributed by atoms with E-state index < -0.39 is 0 Å². The summed E-state index contributed by atoms with van der Waals surface area (Å²) in [6.45, 7) is 1.43. The highest BCUT2D eigenvalue weighted by Gasteiger charge is 2.10. The Morgan fingerprint density at radius 1 is 1.08 bits per heavy atom. The molecule has 1 aromatic heterocycles. The van der Waals surface area contributed by atoms with Crippen molar-refractivity contribution in [2.75, 3.05) is 14.1 Å². The second-order valence-corrected chi connectivity index (χ2v) is 6.16. The third kappa shape index (κ3) is 4.30. The van der Waals surface area contributed by atoms with Crippen LogP contribution in [0.15, 0.2) is 59.3 Å². The summed E-state index contributed by atoms with van der Waals surface area (Å²) in [7, 11) is 4.22. The number of hydrogen-bond donors (Lipinski definition) is 2. The molecule has 0 atom stereocenters. The SMILES string of the molecule is C[NH+](C)Cc1ccccc1CNC(=O)c1ccc(-c2nnco2)cc1. The third-order valence-corrected chi connectivity index (χ3v) is 3.86. The van der Waals surface area contributed by atoms with Crippen LogP contribution in [0.1, 0.15) is 21.5 Å². The number of quaternary nitrogens is 1. The van der Waals surface area contributed by atoms with Crippen molar-refractivity contribution in [1.82, 2.24) is 15.5 Å². The molecule has 1 heterocycles. The molecule has 25 heavy (non-hydrogen) atoms. The zero-order valence-electron chi connectivity index (χ0n) is 14.3. The Bertz CT molecular complexity index is 827. The molecule has 0 unspecified atom stereocenters. The molecule has 3 rings (SSSR count). The van der Waals surface area contributed by atoms with Crippen molar-refractivity contribution in [1.29, 1.82) is 0 Å². The molecule has 3 aromatic rings. The highest BCUT2D eigenvalue weighted by molar-refractivity contribution is 5.94. The first-order valence-corrected chi connectivity index (χ1v) is 8.14. The minimum atomic E-state index is -0.107. The first kappa shape index (κ1) is 16.9. The van der Waals surface area contributed by atoms with Crippen LogP contribution in [0.3, 0.4) is 0 Å². The van der Waals surface area contributed by atoms with Crippen molar-refractivity contribution in [3.05, 3.63) is 71.6 Å². The second-order valence-electron chi connectivity index (χ2n) is 6.16. The molecule has 2 N–H and O–H groups in total. The molecule has 0 spiro atoms. The van der Waals surface area contributed by atoms with Gasteiger partial charge in [0.1, 0.15) is 6.54 Å². The van der Waals surface area contributed by atoms with Gasteiger partial charge in [0.15, 0.2) is 0 Å². The number of nitrogens with one attached hydrogen (secondary N) is 2. The number of benzene rings is 2. The van der Waals surface area contributed by atoms with Crippen LogP contribution in [0.2, 0.25) is 0 Å². The van der Waals surface area contributed by atoms with E-state index >= 15 is 0 Å². The standard InChI is InChI=1S/C19H20N4O2/c1-23(2)12-17-6-4-3-5-16(17)11-20-18(24)14-7-9-15(10-8-14)19-22-21-13-25-19/h3-10,13H,11-12H2,1-2H3,(H,20,24)/p+1. The molecule has 128 valence electrons. The fourth-order valence-electron chi connectivity index (χ4n) is 2.62. The van der Waals surface area contributed by atoms with Crippen molar-refractivity contribution in [2.24, 2.45) is 0 Å². The van der Waals surface area contributed by atoms with E-state index in [1.54, 1.807) is 24.3 Å². The maximum Gasteiger partial charge on any atom is 0.251 e. The molecule has 0 aliphatic rings. The minimum Gasteiger partial charge on any atom is -0.423 e. The van der Waals surface area contributed by atoms with Crippen LogP contribution in [0.5, 0.6) is 0 Å². The van der Waals surface area contributed by atoms with Gasteiger partial charge in [0.05, 0.1) is 14.1 Å². The summed E-state index contributed by atoms with van der Waals surface area (Å²) in [5.74, 6) is 0.330. The van der Waals surface area contributed by atoms with Crippen LogP contribution in [0, 0.1) is 0 Å². The summed E-state index contributed by atoms with van der Waals surface area (Å²) < 4.78 is 5.15. The quantitative estimate of drug-likeness (QED) is 0.711. The molecule has 0 bridgehead atoms. The van der Waals surface area contributed by atoms with Gasteiger partial charge in [-0.2, -0.15) is 0 Å². The van der Waals surface area contributed by atoms with E-state index in [2.05, 4.69) is 41.7 Å². The Morgan fingerprint density at radius 3 is 2.44 bits per heavy atom. The normalized spacial score (nSPS) is 10.8. The topological polar surface area (TPSA) is 72.5 Å². The molecule has 0 saturated heterocycles. The van der Waals surface area contributed by atoms with Gasteiger partial charge < -0.3 is 14.6 Å². The summed E-state index contributed by atoms with van der Waals surface area (Å²) in [6, 6.07) is 15.3. The van der Waals surface area contributed by atoms with Gasteiger partial charge in [0.25, 0.3) is 5.91 Å². The lowest BCUT2D eigenvalue weighted by Gasteiger charge is -2.13. The molecule has 0 aliphatic heterocycles. The van der Waals surface area contributed by atoms with Crippen LogP contribution in [-0.4, -0.2) is 30.2 Å². The predicted octanol–water partition coefficient (Wildman–Crippen LogP) is 1.31. The highest BCUT2D eigenvalue weighted by atomic mass is 16.4. The molecule has 0 fully saturated rings. The Kier molecular flexibility index (Phi) is 5.20.